The predicted molar refractivity (Wildman–Crippen MR) is 110 cm³/mol. The number of carbonyl (C=O) groups is 1. The summed E-state index contributed by atoms with van der Waals surface area (Å²) in [5.74, 6) is 1.57. The van der Waals surface area contributed by atoms with Crippen molar-refractivity contribution in [2.24, 2.45) is 5.92 Å². The first kappa shape index (κ1) is 20.2. The molecule has 1 amide bonds. The summed E-state index contributed by atoms with van der Waals surface area (Å²) in [4.78, 5) is 12.9. The lowest BCUT2D eigenvalue weighted by Crippen LogP contribution is -2.18. The lowest BCUT2D eigenvalue weighted by atomic mass is 10.1. The molecule has 150 valence electrons. The van der Waals surface area contributed by atoms with Crippen molar-refractivity contribution in [2.45, 2.75) is 39.2 Å². The van der Waals surface area contributed by atoms with Crippen molar-refractivity contribution in [3.8, 4) is 11.5 Å². The van der Waals surface area contributed by atoms with E-state index in [0.717, 1.165) is 25.9 Å². The highest BCUT2D eigenvalue weighted by Crippen LogP contribution is 2.27. The minimum atomic E-state index is -0.215. The molecule has 1 aliphatic rings. The number of benzene rings is 2. The van der Waals surface area contributed by atoms with Crippen LogP contribution < -0.4 is 14.8 Å². The molecule has 5 heteroatoms. The van der Waals surface area contributed by atoms with E-state index in [9.17, 15) is 4.79 Å². The Morgan fingerprint density at radius 1 is 1.11 bits per heavy atom. The number of hydrogen-bond donors (Lipinski definition) is 1. The van der Waals surface area contributed by atoms with E-state index in [1.54, 1.807) is 6.07 Å². The fraction of sp³-hybridized carbons (Fsp3) is 0.435. The Kier molecular flexibility index (Phi) is 7.31. The number of amides is 1. The molecular weight excluding hydrogens is 354 g/mol. The number of para-hydroxylation sites is 3. The maximum atomic E-state index is 12.9. The summed E-state index contributed by atoms with van der Waals surface area (Å²) in [5.41, 5.74) is 1.16. The molecule has 0 aliphatic carbocycles. The third-order valence-electron chi connectivity index (χ3n) is 4.67. The van der Waals surface area contributed by atoms with Crippen molar-refractivity contribution in [3.05, 3.63) is 54.1 Å². The number of carbonyl (C=O) groups excluding carboxylic acids is 1. The Hall–Kier alpha value is -2.53. The van der Waals surface area contributed by atoms with Crippen LogP contribution in [-0.4, -0.2) is 31.8 Å². The largest absolute Gasteiger partial charge is 0.493 e. The molecule has 0 spiro atoms. The lowest BCUT2D eigenvalue weighted by molar-refractivity contribution is 0.0682. The van der Waals surface area contributed by atoms with Gasteiger partial charge in [0, 0.05) is 6.61 Å². The lowest BCUT2D eigenvalue weighted by Gasteiger charge is -2.16. The van der Waals surface area contributed by atoms with Crippen LogP contribution in [0.5, 0.6) is 11.5 Å². The van der Waals surface area contributed by atoms with Gasteiger partial charge in [0.1, 0.15) is 18.1 Å². The maximum absolute atomic E-state index is 12.9. The van der Waals surface area contributed by atoms with Gasteiger partial charge in [-0.15, -0.1) is 0 Å². The first-order valence-corrected chi connectivity index (χ1v) is 10.00. The Balaban J connectivity index is 1.66. The van der Waals surface area contributed by atoms with Crippen LogP contribution in [0.15, 0.2) is 48.5 Å². The first-order chi connectivity index (χ1) is 13.6. The second kappa shape index (κ2) is 10.1. The smallest absolute Gasteiger partial charge is 0.259 e. The SMILES string of the molecule is CC(C)CCOc1ccccc1C(=O)Nc1ccccc1OCC1CCCO1. The van der Waals surface area contributed by atoms with Crippen molar-refractivity contribution >= 4 is 11.6 Å². The third kappa shape index (κ3) is 5.73. The van der Waals surface area contributed by atoms with Crippen molar-refractivity contribution in [1.29, 1.82) is 0 Å². The zero-order chi connectivity index (χ0) is 19.8. The summed E-state index contributed by atoms with van der Waals surface area (Å²) in [6.45, 7) is 6.16. The zero-order valence-electron chi connectivity index (χ0n) is 16.6. The van der Waals surface area contributed by atoms with Gasteiger partial charge in [0.15, 0.2) is 0 Å². The average Bonchev–Trinajstić information content (AvgIpc) is 3.21. The highest BCUT2D eigenvalue weighted by atomic mass is 16.5. The molecule has 1 fully saturated rings. The van der Waals surface area contributed by atoms with E-state index < -0.39 is 0 Å². The highest BCUT2D eigenvalue weighted by Gasteiger charge is 2.18. The molecule has 5 nitrogen and oxygen atoms in total. The Bertz CT molecular complexity index is 769. The predicted octanol–water partition coefficient (Wildman–Crippen LogP) is 4.92. The molecule has 1 N–H and O–H groups in total. The topological polar surface area (TPSA) is 56.8 Å². The van der Waals surface area contributed by atoms with Crippen LogP contribution in [0.3, 0.4) is 0 Å². The normalized spacial score (nSPS) is 16.2. The van der Waals surface area contributed by atoms with Crippen LogP contribution in [0.2, 0.25) is 0 Å². The molecule has 3 rings (SSSR count). The highest BCUT2D eigenvalue weighted by molar-refractivity contribution is 6.06. The summed E-state index contributed by atoms with van der Waals surface area (Å²) >= 11 is 0. The maximum Gasteiger partial charge on any atom is 0.259 e. The Labute approximate surface area is 167 Å². The van der Waals surface area contributed by atoms with Crippen LogP contribution in [-0.2, 0) is 4.74 Å². The van der Waals surface area contributed by atoms with Gasteiger partial charge in [0.05, 0.1) is 24.0 Å². The van der Waals surface area contributed by atoms with Gasteiger partial charge in [0.25, 0.3) is 5.91 Å². The first-order valence-electron chi connectivity index (χ1n) is 10.00. The molecule has 0 bridgehead atoms. The number of rotatable bonds is 9. The number of ether oxygens (including phenoxy) is 3. The van der Waals surface area contributed by atoms with Crippen molar-refractivity contribution in [2.75, 3.05) is 25.1 Å². The second-order valence-electron chi connectivity index (χ2n) is 7.42. The van der Waals surface area contributed by atoms with Crippen LogP contribution in [0.4, 0.5) is 5.69 Å². The van der Waals surface area contributed by atoms with E-state index in [2.05, 4.69) is 19.2 Å². The fourth-order valence-corrected chi connectivity index (χ4v) is 3.03. The summed E-state index contributed by atoms with van der Waals surface area (Å²) in [5, 5.41) is 2.96. The van der Waals surface area contributed by atoms with E-state index in [1.165, 1.54) is 0 Å². The molecule has 0 aromatic heterocycles. The molecule has 1 unspecified atom stereocenters. The van der Waals surface area contributed by atoms with Crippen molar-refractivity contribution in [1.82, 2.24) is 0 Å². The minimum Gasteiger partial charge on any atom is -0.493 e. The van der Waals surface area contributed by atoms with E-state index in [0.29, 0.717) is 41.9 Å². The summed E-state index contributed by atoms with van der Waals surface area (Å²) < 4.78 is 17.4. The Morgan fingerprint density at radius 2 is 1.86 bits per heavy atom. The molecule has 28 heavy (non-hydrogen) atoms. The van der Waals surface area contributed by atoms with Gasteiger partial charge >= 0.3 is 0 Å². The quantitative estimate of drug-likeness (QED) is 0.668. The van der Waals surface area contributed by atoms with Crippen LogP contribution in [0.25, 0.3) is 0 Å². The fourth-order valence-electron chi connectivity index (χ4n) is 3.03. The van der Waals surface area contributed by atoms with Gasteiger partial charge in [-0.1, -0.05) is 38.1 Å². The van der Waals surface area contributed by atoms with E-state index in [1.807, 2.05) is 42.5 Å². The molecular formula is C23H29NO4. The van der Waals surface area contributed by atoms with Crippen LogP contribution >= 0.6 is 0 Å². The standard InChI is InChI=1S/C23H29NO4/c1-17(2)13-15-27-21-11-5-3-9-19(21)23(25)24-20-10-4-6-12-22(20)28-16-18-8-7-14-26-18/h3-6,9-12,17-18H,7-8,13-16H2,1-2H3,(H,24,25). The summed E-state index contributed by atoms with van der Waals surface area (Å²) in [7, 11) is 0. The molecule has 2 aromatic rings. The van der Waals surface area contributed by atoms with E-state index >= 15 is 0 Å². The molecule has 0 saturated carbocycles. The molecule has 1 atom stereocenters. The molecule has 2 aromatic carbocycles. The van der Waals surface area contributed by atoms with Gasteiger partial charge in [-0.3, -0.25) is 4.79 Å². The summed E-state index contributed by atoms with van der Waals surface area (Å²) in [6, 6.07) is 14.8. The average molecular weight is 383 g/mol. The van der Waals surface area contributed by atoms with Crippen molar-refractivity contribution in [3.63, 3.8) is 0 Å². The Morgan fingerprint density at radius 3 is 2.61 bits per heavy atom. The van der Waals surface area contributed by atoms with Crippen LogP contribution in [0.1, 0.15) is 43.5 Å². The van der Waals surface area contributed by atoms with Gasteiger partial charge < -0.3 is 19.5 Å². The molecule has 0 radical (unpaired) electrons. The van der Waals surface area contributed by atoms with Gasteiger partial charge in [-0.05, 0) is 49.4 Å². The van der Waals surface area contributed by atoms with Gasteiger partial charge in [-0.2, -0.15) is 0 Å². The van der Waals surface area contributed by atoms with E-state index in [-0.39, 0.29) is 12.0 Å². The monoisotopic (exact) mass is 383 g/mol. The van der Waals surface area contributed by atoms with Gasteiger partial charge in [0.2, 0.25) is 0 Å². The second-order valence-corrected chi connectivity index (χ2v) is 7.42. The molecule has 1 aliphatic heterocycles. The van der Waals surface area contributed by atoms with Crippen LogP contribution in [0, 0.1) is 5.92 Å². The molecule has 1 saturated heterocycles. The zero-order valence-corrected chi connectivity index (χ0v) is 16.6. The molecule has 1 heterocycles. The number of nitrogens with one attached hydrogen (secondary N) is 1. The number of anilines is 1. The minimum absolute atomic E-state index is 0.124. The number of hydrogen-bond acceptors (Lipinski definition) is 4. The third-order valence-corrected chi connectivity index (χ3v) is 4.67. The summed E-state index contributed by atoms with van der Waals surface area (Å²) in [6.07, 6.45) is 3.14. The van der Waals surface area contributed by atoms with Crippen molar-refractivity contribution < 1.29 is 19.0 Å². The van der Waals surface area contributed by atoms with Gasteiger partial charge in [-0.25, -0.2) is 0 Å². The van der Waals surface area contributed by atoms with E-state index in [4.69, 9.17) is 14.2 Å².